The molecule has 0 spiro atoms. The van der Waals surface area contributed by atoms with E-state index in [1.54, 1.807) is 0 Å². The van der Waals surface area contributed by atoms with Gasteiger partial charge in [-0.15, -0.1) is 0 Å². The maximum Gasteiger partial charge on any atom is 0.251 e. The Balaban J connectivity index is 1.79. The first-order valence-electron chi connectivity index (χ1n) is 9.63. The largest absolute Gasteiger partial charge is 0.491 e. The normalized spacial score (nSPS) is 11.7. The Hall–Kier alpha value is -2.53. The maximum absolute atomic E-state index is 12.3. The van der Waals surface area contributed by atoms with Gasteiger partial charge in [0.1, 0.15) is 18.5 Å². The van der Waals surface area contributed by atoms with E-state index in [1.807, 2.05) is 54.6 Å². The van der Waals surface area contributed by atoms with Crippen molar-refractivity contribution in [3.8, 4) is 5.75 Å². The standard InChI is InChI=1S/C22H30N2O3/c1-3-5-15-24(4-2)19-13-11-18(12-14-19)22(26)23-16-20(25)17-27-21-9-7-6-8-10-21/h6-14,20,25H,3-5,15-17H2,1-2H3,(H,23,26). The number of hydrogen-bond acceptors (Lipinski definition) is 4. The molecule has 146 valence electrons. The van der Waals surface area contributed by atoms with Crippen LogP contribution in [0.1, 0.15) is 37.0 Å². The average Bonchev–Trinajstić information content (AvgIpc) is 2.72. The molecule has 1 amide bonds. The Morgan fingerprint density at radius 2 is 1.81 bits per heavy atom. The number of carbonyl (C=O) groups is 1. The summed E-state index contributed by atoms with van der Waals surface area (Å²) in [6, 6.07) is 16.9. The first-order chi connectivity index (χ1) is 13.1. The molecule has 0 saturated carbocycles. The van der Waals surface area contributed by atoms with E-state index in [4.69, 9.17) is 4.74 Å². The van der Waals surface area contributed by atoms with Crippen LogP contribution in [0.5, 0.6) is 5.75 Å². The van der Waals surface area contributed by atoms with Gasteiger partial charge in [-0.05, 0) is 49.7 Å². The number of para-hydroxylation sites is 1. The Morgan fingerprint density at radius 3 is 2.44 bits per heavy atom. The number of ether oxygens (including phenoxy) is 1. The SMILES string of the molecule is CCCCN(CC)c1ccc(C(=O)NCC(O)COc2ccccc2)cc1. The number of carbonyl (C=O) groups excluding carboxylic acids is 1. The Bertz CT molecular complexity index is 674. The summed E-state index contributed by atoms with van der Waals surface area (Å²) in [6.45, 7) is 6.55. The number of nitrogens with one attached hydrogen (secondary N) is 1. The molecule has 0 radical (unpaired) electrons. The van der Waals surface area contributed by atoms with Crippen LogP contribution in [0, 0.1) is 0 Å². The van der Waals surface area contributed by atoms with Gasteiger partial charge >= 0.3 is 0 Å². The van der Waals surface area contributed by atoms with Gasteiger partial charge in [-0.2, -0.15) is 0 Å². The number of aliphatic hydroxyl groups is 1. The molecule has 5 heteroatoms. The lowest BCUT2D eigenvalue weighted by atomic mass is 10.1. The molecule has 0 aliphatic rings. The van der Waals surface area contributed by atoms with Crippen molar-refractivity contribution in [1.82, 2.24) is 5.32 Å². The molecule has 0 fully saturated rings. The van der Waals surface area contributed by atoms with Gasteiger partial charge in [0.2, 0.25) is 0 Å². The summed E-state index contributed by atoms with van der Waals surface area (Å²) in [7, 11) is 0. The summed E-state index contributed by atoms with van der Waals surface area (Å²) in [4.78, 5) is 14.6. The van der Waals surface area contributed by atoms with Crippen LogP contribution in [-0.2, 0) is 0 Å². The van der Waals surface area contributed by atoms with E-state index >= 15 is 0 Å². The minimum Gasteiger partial charge on any atom is -0.491 e. The minimum atomic E-state index is -0.766. The molecule has 1 atom stereocenters. The van der Waals surface area contributed by atoms with E-state index in [9.17, 15) is 9.90 Å². The van der Waals surface area contributed by atoms with Gasteiger partial charge in [0.25, 0.3) is 5.91 Å². The van der Waals surface area contributed by atoms with Crippen LogP contribution in [0.3, 0.4) is 0 Å². The zero-order valence-corrected chi connectivity index (χ0v) is 16.2. The smallest absolute Gasteiger partial charge is 0.251 e. The molecular formula is C22H30N2O3. The number of rotatable bonds is 11. The fourth-order valence-electron chi connectivity index (χ4n) is 2.72. The monoisotopic (exact) mass is 370 g/mol. The molecule has 2 aromatic carbocycles. The van der Waals surface area contributed by atoms with Crippen molar-refractivity contribution in [2.24, 2.45) is 0 Å². The highest BCUT2D eigenvalue weighted by atomic mass is 16.5. The van der Waals surface area contributed by atoms with E-state index in [0.29, 0.717) is 11.3 Å². The fraction of sp³-hybridized carbons (Fsp3) is 0.409. The highest BCUT2D eigenvalue weighted by Crippen LogP contribution is 2.16. The lowest BCUT2D eigenvalue weighted by molar-refractivity contribution is 0.0844. The number of nitrogens with zero attached hydrogens (tertiary/aromatic N) is 1. The van der Waals surface area contributed by atoms with Gasteiger partial charge in [0.15, 0.2) is 0 Å². The van der Waals surface area contributed by atoms with Crippen molar-refractivity contribution >= 4 is 11.6 Å². The van der Waals surface area contributed by atoms with Crippen LogP contribution in [0.15, 0.2) is 54.6 Å². The van der Waals surface area contributed by atoms with Crippen LogP contribution < -0.4 is 15.0 Å². The quantitative estimate of drug-likeness (QED) is 0.636. The molecule has 2 rings (SSSR count). The Labute approximate surface area is 162 Å². The molecule has 0 aromatic heterocycles. The summed E-state index contributed by atoms with van der Waals surface area (Å²) in [5.74, 6) is 0.499. The number of anilines is 1. The van der Waals surface area contributed by atoms with E-state index < -0.39 is 6.10 Å². The van der Waals surface area contributed by atoms with E-state index in [0.717, 1.165) is 31.6 Å². The number of unbranched alkanes of at least 4 members (excludes halogenated alkanes) is 1. The van der Waals surface area contributed by atoms with Gasteiger partial charge in [-0.1, -0.05) is 31.5 Å². The third kappa shape index (κ3) is 6.94. The summed E-state index contributed by atoms with van der Waals surface area (Å²) >= 11 is 0. The van der Waals surface area contributed by atoms with Crippen LogP contribution in [0.2, 0.25) is 0 Å². The van der Waals surface area contributed by atoms with E-state index in [-0.39, 0.29) is 19.1 Å². The molecule has 1 unspecified atom stereocenters. The van der Waals surface area contributed by atoms with E-state index in [1.165, 1.54) is 0 Å². The molecule has 2 aromatic rings. The highest BCUT2D eigenvalue weighted by molar-refractivity contribution is 5.94. The third-order valence-corrected chi connectivity index (χ3v) is 4.34. The van der Waals surface area contributed by atoms with Crippen LogP contribution >= 0.6 is 0 Å². The molecule has 2 N–H and O–H groups in total. The lowest BCUT2D eigenvalue weighted by Gasteiger charge is -2.23. The lowest BCUT2D eigenvalue weighted by Crippen LogP contribution is -2.35. The van der Waals surface area contributed by atoms with Gasteiger partial charge in [-0.25, -0.2) is 0 Å². The molecule has 0 saturated heterocycles. The van der Waals surface area contributed by atoms with Crippen LogP contribution in [-0.4, -0.2) is 43.4 Å². The van der Waals surface area contributed by atoms with Gasteiger partial charge in [-0.3, -0.25) is 4.79 Å². The third-order valence-electron chi connectivity index (χ3n) is 4.34. The minimum absolute atomic E-state index is 0.131. The Morgan fingerprint density at radius 1 is 1.11 bits per heavy atom. The molecule has 0 heterocycles. The second-order valence-electron chi connectivity index (χ2n) is 6.47. The van der Waals surface area contributed by atoms with Gasteiger partial charge < -0.3 is 20.1 Å². The zero-order valence-electron chi connectivity index (χ0n) is 16.2. The maximum atomic E-state index is 12.3. The summed E-state index contributed by atoms with van der Waals surface area (Å²) in [5, 5.41) is 12.7. The number of benzene rings is 2. The summed E-state index contributed by atoms with van der Waals surface area (Å²) in [6.07, 6.45) is 1.55. The first-order valence-corrected chi connectivity index (χ1v) is 9.63. The Kier molecular flexibility index (Phi) is 8.65. The molecule has 27 heavy (non-hydrogen) atoms. The number of amides is 1. The highest BCUT2D eigenvalue weighted by Gasteiger charge is 2.11. The molecular weight excluding hydrogens is 340 g/mol. The van der Waals surface area contributed by atoms with Crippen molar-refractivity contribution in [3.63, 3.8) is 0 Å². The van der Waals surface area contributed by atoms with Gasteiger partial charge in [0.05, 0.1) is 0 Å². The topological polar surface area (TPSA) is 61.8 Å². The summed E-state index contributed by atoms with van der Waals surface area (Å²) < 4.78 is 5.49. The van der Waals surface area contributed by atoms with Crippen molar-refractivity contribution in [2.45, 2.75) is 32.8 Å². The summed E-state index contributed by atoms with van der Waals surface area (Å²) in [5.41, 5.74) is 1.71. The van der Waals surface area contributed by atoms with Crippen molar-refractivity contribution in [2.75, 3.05) is 31.1 Å². The van der Waals surface area contributed by atoms with Crippen molar-refractivity contribution in [1.29, 1.82) is 0 Å². The second kappa shape index (κ2) is 11.2. The molecule has 0 aliphatic heterocycles. The first kappa shape index (κ1) is 20.8. The van der Waals surface area contributed by atoms with Crippen molar-refractivity contribution in [3.05, 3.63) is 60.2 Å². The van der Waals surface area contributed by atoms with Crippen molar-refractivity contribution < 1.29 is 14.6 Å². The molecule has 0 aliphatic carbocycles. The number of aliphatic hydroxyl groups excluding tert-OH is 1. The van der Waals surface area contributed by atoms with E-state index in [2.05, 4.69) is 24.1 Å². The zero-order chi connectivity index (χ0) is 19.5. The second-order valence-corrected chi connectivity index (χ2v) is 6.47. The van der Waals surface area contributed by atoms with Gasteiger partial charge in [0, 0.05) is 30.9 Å². The predicted octanol–water partition coefficient (Wildman–Crippen LogP) is 3.48. The average molecular weight is 370 g/mol. The number of hydrogen-bond donors (Lipinski definition) is 2. The predicted molar refractivity (Wildman–Crippen MR) is 110 cm³/mol. The molecule has 5 nitrogen and oxygen atoms in total. The fourth-order valence-corrected chi connectivity index (χ4v) is 2.72. The van der Waals surface area contributed by atoms with Crippen LogP contribution in [0.25, 0.3) is 0 Å². The molecule has 0 bridgehead atoms. The van der Waals surface area contributed by atoms with Crippen LogP contribution in [0.4, 0.5) is 5.69 Å².